The minimum absolute atomic E-state index is 0.0142. The zero-order valence-electron chi connectivity index (χ0n) is 16.7. The molecule has 0 aromatic heterocycles. The Kier molecular flexibility index (Phi) is 4.45. The van der Waals surface area contributed by atoms with Crippen molar-refractivity contribution in [3.63, 3.8) is 0 Å². The highest BCUT2D eigenvalue weighted by molar-refractivity contribution is 5.98. The van der Waals surface area contributed by atoms with E-state index in [0.717, 1.165) is 37.7 Å². The van der Waals surface area contributed by atoms with Gasteiger partial charge in [-0.25, -0.2) is 4.79 Å². The number of carbonyl (C=O) groups excluding carboxylic acids is 2. The van der Waals surface area contributed by atoms with E-state index in [1.165, 1.54) is 6.42 Å². The lowest BCUT2D eigenvalue weighted by molar-refractivity contribution is -0.170. The number of aldehydes is 1. The van der Waals surface area contributed by atoms with Crippen molar-refractivity contribution in [3.8, 4) is 0 Å². The third kappa shape index (κ3) is 2.67. The zero-order valence-corrected chi connectivity index (χ0v) is 16.7. The molecule has 3 fully saturated rings. The number of fused-ring (bicyclic) bond motifs is 2. The van der Waals surface area contributed by atoms with Gasteiger partial charge in [-0.3, -0.25) is 4.90 Å². The lowest BCUT2D eigenvalue weighted by atomic mass is 9.70. The molecule has 1 saturated heterocycles. The van der Waals surface area contributed by atoms with E-state index in [1.807, 2.05) is 35.2 Å². The van der Waals surface area contributed by atoms with Crippen molar-refractivity contribution < 1.29 is 14.3 Å². The first-order valence-corrected chi connectivity index (χ1v) is 10.3. The molecule has 0 N–H and O–H groups in total. The average molecular weight is 370 g/mol. The highest BCUT2D eigenvalue weighted by atomic mass is 16.5. The van der Waals surface area contributed by atoms with E-state index in [1.54, 1.807) is 0 Å². The van der Waals surface area contributed by atoms with Gasteiger partial charge in [-0.05, 0) is 49.0 Å². The van der Waals surface area contributed by atoms with Gasteiger partial charge < -0.3 is 9.53 Å². The maximum atomic E-state index is 13.3. The van der Waals surface area contributed by atoms with Crippen molar-refractivity contribution in [1.29, 1.82) is 0 Å². The molecular formula is C23H31NO3. The average Bonchev–Trinajstić information content (AvgIpc) is 3.22. The summed E-state index contributed by atoms with van der Waals surface area (Å²) in [5.41, 5.74) is 0.191. The van der Waals surface area contributed by atoms with E-state index >= 15 is 0 Å². The van der Waals surface area contributed by atoms with Gasteiger partial charge in [0, 0.05) is 18.5 Å². The summed E-state index contributed by atoms with van der Waals surface area (Å²) >= 11 is 0. The van der Waals surface area contributed by atoms with Crippen LogP contribution in [0.3, 0.4) is 0 Å². The van der Waals surface area contributed by atoms with Gasteiger partial charge >= 0.3 is 5.97 Å². The molecule has 0 radical (unpaired) electrons. The molecule has 4 nitrogen and oxygen atoms in total. The summed E-state index contributed by atoms with van der Waals surface area (Å²) in [6.07, 6.45) is 5.42. The van der Waals surface area contributed by atoms with Crippen LogP contribution in [0.4, 0.5) is 0 Å². The van der Waals surface area contributed by atoms with Gasteiger partial charge in [0.1, 0.15) is 6.10 Å². The van der Waals surface area contributed by atoms with Crippen LogP contribution in [0.15, 0.2) is 30.3 Å². The Balaban J connectivity index is 1.53. The standard InChI is InChI=1S/C23H31NO3/c1-21(2)18-10-12-22(21,3)19(14-18)27-20(26)23(16-25)11-7-13-24(23)15-17-8-5-4-6-9-17/h4-6,8-9,16,18-19H,7,10-15H2,1-3H3/t18-,19-,22+,23?/m0/s1. The summed E-state index contributed by atoms with van der Waals surface area (Å²) in [4.78, 5) is 27.5. The Bertz CT molecular complexity index is 730. The van der Waals surface area contributed by atoms with Gasteiger partial charge in [0.2, 0.25) is 0 Å². The summed E-state index contributed by atoms with van der Waals surface area (Å²) < 4.78 is 6.12. The molecule has 2 saturated carbocycles. The number of carbonyl (C=O) groups is 2. The van der Waals surface area contributed by atoms with E-state index in [0.29, 0.717) is 18.9 Å². The lowest BCUT2D eigenvalue weighted by Crippen LogP contribution is -2.54. The number of rotatable bonds is 5. The number of hydrogen-bond donors (Lipinski definition) is 0. The summed E-state index contributed by atoms with van der Waals surface area (Å²) in [6.45, 7) is 8.24. The molecule has 1 aliphatic heterocycles. The Morgan fingerprint density at radius 2 is 1.96 bits per heavy atom. The molecule has 2 bridgehead atoms. The molecule has 1 heterocycles. The van der Waals surface area contributed by atoms with Gasteiger partial charge in [-0.1, -0.05) is 51.1 Å². The maximum absolute atomic E-state index is 13.3. The number of esters is 1. The molecular weight excluding hydrogens is 338 g/mol. The normalized spacial score (nSPS) is 37.4. The first-order chi connectivity index (χ1) is 12.8. The van der Waals surface area contributed by atoms with Crippen LogP contribution in [0.2, 0.25) is 0 Å². The topological polar surface area (TPSA) is 46.6 Å². The van der Waals surface area contributed by atoms with E-state index in [9.17, 15) is 9.59 Å². The lowest BCUT2D eigenvalue weighted by Gasteiger charge is -2.40. The highest BCUT2D eigenvalue weighted by Gasteiger charge is 2.63. The summed E-state index contributed by atoms with van der Waals surface area (Å²) in [7, 11) is 0. The molecule has 3 aliphatic rings. The maximum Gasteiger partial charge on any atom is 0.334 e. The molecule has 4 atom stereocenters. The Hall–Kier alpha value is -1.68. The van der Waals surface area contributed by atoms with Crippen LogP contribution in [-0.4, -0.2) is 35.3 Å². The van der Waals surface area contributed by atoms with Crippen molar-refractivity contribution >= 4 is 12.3 Å². The fraction of sp³-hybridized carbons (Fsp3) is 0.652. The molecule has 1 aromatic carbocycles. The second kappa shape index (κ2) is 6.44. The molecule has 0 spiro atoms. The third-order valence-electron chi connectivity index (χ3n) is 8.28. The van der Waals surface area contributed by atoms with Gasteiger partial charge in [-0.2, -0.15) is 0 Å². The second-order valence-corrected chi connectivity index (χ2v) is 9.56. The summed E-state index contributed by atoms with van der Waals surface area (Å²) in [5, 5.41) is 0. The fourth-order valence-corrected chi connectivity index (χ4v) is 5.87. The molecule has 1 unspecified atom stereocenters. The number of ether oxygens (including phenoxy) is 1. The molecule has 1 aromatic rings. The van der Waals surface area contributed by atoms with E-state index in [4.69, 9.17) is 4.74 Å². The van der Waals surface area contributed by atoms with Gasteiger partial charge in [0.25, 0.3) is 0 Å². The van der Waals surface area contributed by atoms with Crippen LogP contribution >= 0.6 is 0 Å². The number of hydrogen-bond acceptors (Lipinski definition) is 4. The molecule has 0 amide bonds. The van der Waals surface area contributed by atoms with Crippen LogP contribution in [0.25, 0.3) is 0 Å². The van der Waals surface area contributed by atoms with E-state index < -0.39 is 5.54 Å². The summed E-state index contributed by atoms with van der Waals surface area (Å²) in [6, 6.07) is 10.0. The highest BCUT2D eigenvalue weighted by Crippen LogP contribution is 2.66. The molecule has 4 heteroatoms. The van der Waals surface area contributed by atoms with Gasteiger partial charge in [0.15, 0.2) is 11.8 Å². The number of nitrogens with zero attached hydrogens (tertiary/aromatic N) is 1. The molecule has 2 aliphatic carbocycles. The molecule has 27 heavy (non-hydrogen) atoms. The SMILES string of the molecule is CC1(C)[C@H]2CC[C@]1(C)[C@@H](OC(=O)C1(C=O)CCCN1Cc1ccccc1)C2. The van der Waals surface area contributed by atoms with Crippen LogP contribution in [0, 0.1) is 16.7 Å². The third-order valence-corrected chi connectivity index (χ3v) is 8.28. The predicted molar refractivity (Wildman–Crippen MR) is 104 cm³/mol. The van der Waals surface area contributed by atoms with Crippen LogP contribution in [-0.2, 0) is 20.9 Å². The summed E-state index contributed by atoms with van der Waals surface area (Å²) in [5.74, 6) is 0.275. The number of likely N-dealkylation sites (tertiary alicyclic amines) is 1. The van der Waals surface area contributed by atoms with Crippen molar-refractivity contribution in [3.05, 3.63) is 35.9 Å². The molecule has 146 valence electrons. The second-order valence-electron chi connectivity index (χ2n) is 9.56. The number of benzene rings is 1. The first kappa shape index (κ1) is 18.7. The largest absolute Gasteiger partial charge is 0.460 e. The smallest absolute Gasteiger partial charge is 0.334 e. The van der Waals surface area contributed by atoms with Gasteiger partial charge in [0.05, 0.1) is 0 Å². The molecule has 4 rings (SSSR count). The minimum atomic E-state index is -1.13. The monoisotopic (exact) mass is 369 g/mol. The van der Waals surface area contributed by atoms with Crippen molar-refractivity contribution in [2.45, 2.75) is 71.1 Å². The van der Waals surface area contributed by atoms with Crippen molar-refractivity contribution in [1.82, 2.24) is 4.90 Å². The van der Waals surface area contributed by atoms with Crippen LogP contribution in [0.1, 0.15) is 58.4 Å². The Morgan fingerprint density at radius 3 is 2.56 bits per heavy atom. The van der Waals surface area contributed by atoms with E-state index in [2.05, 4.69) is 20.8 Å². The first-order valence-electron chi connectivity index (χ1n) is 10.3. The fourth-order valence-electron chi connectivity index (χ4n) is 5.87. The van der Waals surface area contributed by atoms with Crippen molar-refractivity contribution in [2.24, 2.45) is 16.7 Å². The van der Waals surface area contributed by atoms with Crippen LogP contribution in [0.5, 0.6) is 0 Å². The quantitative estimate of drug-likeness (QED) is 0.447. The predicted octanol–water partition coefficient (Wildman–Crippen LogP) is 3.98. The van der Waals surface area contributed by atoms with Crippen LogP contribution < -0.4 is 0 Å². The Morgan fingerprint density at radius 1 is 1.22 bits per heavy atom. The Labute approximate surface area is 162 Å². The van der Waals surface area contributed by atoms with E-state index in [-0.39, 0.29) is 22.9 Å². The van der Waals surface area contributed by atoms with Gasteiger partial charge in [-0.15, -0.1) is 0 Å². The minimum Gasteiger partial charge on any atom is -0.460 e. The zero-order chi connectivity index (χ0) is 19.3. The van der Waals surface area contributed by atoms with Crippen molar-refractivity contribution in [2.75, 3.05) is 6.54 Å².